The van der Waals surface area contributed by atoms with Gasteiger partial charge in [0.05, 0.1) is 13.7 Å². The van der Waals surface area contributed by atoms with Crippen LogP contribution >= 0.6 is 0 Å². The predicted molar refractivity (Wildman–Crippen MR) is 141 cm³/mol. The normalized spacial score (nSPS) is 14.4. The number of ether oxygens (including phenoxy) is 2. The van der Waals surface area contributed by atoms with Gasteiger partial charge in [-0.1, -0.05) is 37.5 Å². The number of anilines is 1. The van der Waals surface area contributed by atoms with Gasteiger partial charge in [0, 0.05) is 38.7 Å². The van der Waals surface area contributed by atoms with E-state index in [-0.39, 0.29) is 49.8 Å². The molecule has 0 spiro atoms. The molecule has 1 aromatic carbocycles. The number of methoxy groups -OCH3 is 2. The van der Waals surface area contributed by atoms with Crippen molar-refractivity contribution < 1.29 is 23.9 Å². The number of hydrogen-bond acceptors (Lipinski definition) is 6. The third-order valence-corrected chi connectivity index (χ3v) is 6.53. The second kappa shape index (κ2) is 14.9. The Morgan fingerprint density at radius 2 is 1.78 bits per heavy atom. The van der Waals surface area contributed by atoms with Crippen LogP contribution in [0.25, 0.3) is 0 Å². The second-order valence-electron chi connectivity index (χ2n) is 9.22. The fraction of sp³-hybridized carbons (Fsp3) is 0.500. The van der Waals surface area contributed by atoms with Gasteiger partial charge < -0.3 is 25.0 Å². The molecule has 0 unspecified atom stereocenters. The summed E-state index contributed by atoms with van der Waals surface area (Å²) in [6.45, 7) is 0.541. The third-order valence-electron chi connectivity index (χ3n) is 6.53. The van der Waals surface area contributed by atoms with Gasteiger partial charge in [-0.15, -0.1) is 0 Å². The molecule has 1 saturated carbocycles. The number of carbonyl (C=O) groups is 3. The number of benzene rings is 1. The third kappa shape index (κ3) is 8.86. The van der Waals surface area contributed by atoms with Gasteiger partial charge in [-0.2, -0.15) is 0 Å². The van der Waals surface area contributed by atoms with E-state index in [2.05, 4.69) is 15.6 Å². The van der Waals surface area contributed by atoms with E-state index in [0.29, 0.717) is 23.6 Å². The Morgan fingerprint density at radius 3 is 2.43 bits per heavy atom. The molecule has 1 aliphatic carbocycles. The maximum absolute atomic E-state index is 13.6. The zero-order valence-electron chi connectivity index (χ0n) is 21.8. The van der Waals surface area contributed by atoms with Crippen LogP contribution in [0.15, 0.2) is 48.7 Å². The lowest BCUT2D eigenvalue weighted by Crippen LogP contribution is -2.48. The molecule has 9 heteroatoms. The molecule has 3 rings (SSSR count). The highest BCUT2D eigenvalue weighted by Crippen LogP contribution is 2.26. The molecule has 0 bridgehead atoms. The average molecular weight is 511 g/mol. The molecule has 0 radical (unpaired) electrons. The van der Waals surface area contributed by atoms with Crippen LogP contribution in [0.3, 0.4) is 0 Å². The molecule has 3 amide bonds. The minimum atomic E-state index is -0.808. The van der Waals surface area contributed by atoms with E-state index in [9.17, 15) is 14.4 Å². The van der Waals surface area contributed by atoms with E-state index in [4.69, 9.17) is 9.47 Å². The van der Waals surface area contributed by atoms with Crippen LogP contribution in [0.4, 0.5) is 5.82 Å². The molecule has 1 fully saturated rings. The van der Waals surface area contributed by atoms with E-state index in [1.165, 1.54) is 6.42 Å². The fourth-order valence-electron chi connectivity index (χ4n) is 4.56. The lowest BCUT2D eigenvalue weighted by atomic mass is 9.94. The molecule has 1 aromatic heterocycles. The number of nitrogens with one attached hydrogen (secondary N) is 2. The summed E-state index contributed by atoms with van der Waals surface area (Å²) < 4.78 is 10.5. The molecule has 0 aliphatic heterocycles. The predicted octanol–water partition coefficient (Wildman–Crippen LogP) is 3.86. The van der Waals surface area contributed by atoms with Crippen molar-refractivity contribution in [1.82, 2.24) is 15.2 Å². The quantitative estimate of drug-likeness (QED) is 0.423. The van der Waals surface area contributed by atoms with Gasteiger partial charge in [0.15, 0.2) is 0 Å². The number of hydrogen-bond donors (Lipinski definition) is 2. The van der Waals surface area contributed by atoms with Gasteiger partial charge in [0.1, 0.15) is 17.6 Å². The topological polar surface area (TPSA) is 110 Å². The standard InChI is InChI=1S/C28H38N4O5/c1-36-20-19-32(26(34)13-8-12-25(33)31-24-11-6-7-18-29-24)27(21-14-16-23(37-2)17-15-21)28(35)30-22-9-4-3-5-10-22/h6-7,11,14-18,22,27H,3-5,8-10,12-13,19-20H2,1-2H3,(H,30,35)(H,29,31,33)/t27-/m0/s1. The molecule has 1 atom stereocenters. The maximum atomic E-state index is 13.6. The summed E-state index contributed by atoms with van der Waals surface area (Å²) >= 11 is 0. The molecule has 9 nitrogen and oxygen atoms in total. The fourth-order valence-corrected chi connectivity index (χ4v) is 4.56. The van der Waals surface area contributed by atoms with Crippen LogP contribution in [0.1, 0.15) is 63.0 Å². The van der Waals surface area contributed by atoms with Crippen LogP contribution in [0.5, 0.6) is 5.75 Å². The number of aromatic nitrogens is 1. The summed E-state index contributed by atoms with van der Waals surface area (Å²) in [5.41, 5.74) is 0.700. The summed E-state index contributed by atoms with van der Waals surface area (Å²) in [5.74, 6) is 0.525. The molecular formula is C28H38N4O5. The van der Waals surface area contributed by atoms with Crippen molar-refractivity contribution in [2.75, 3.05) is 32.7 Å². The molecule has 200 valence electrons. The molecule has 0 saturated heterocycles. The number of nitrogens with zero attached hydrogens (tertiary/aromatic N) is 2. The average Bonchev–Trinajstić information content (AvgIpc) is 2.92. The van der Waals surface area contributed by atoms with Crippen LogP contribution in [-0.2, 0) is 19.1 Å². The first-order chi connectivity index (χ1) is 18.0. The van der Waals surface area contributed by atoms with Crippen molar-refractivity contribution in [3.8, 4) is 5.75 Å². The van der Waals surface area contributed by atoms with E-state index < -0.39 is 6.04 Å². The van der Waals surface area contributed by atoms with Crippen LogP contribution in [0, 0.1) is 0 Å². The Hall–Kier alpha value is -3.46. The minimum absolute atomic E-state index is 0.108. The van der Waals surface area contributed by atoms with Gasteiger partial charge in [-0.25, -0.2) is 4.98 Å². The number of pyridine rings is 1. The van der Waals surface area contributed by atoms with Gasteiger partial charge in [-0.05, 0) is 49.1 Å². The lowest BCUT2D eigenvalue weighted by Gasteiger charge is -2.33. The molecule has 2 N–H and O–H groups in total. The summed E-state index contributed by atoms with van der Waals surface area (Å²) in [6, 6.07) is 11.8. The first kappa shape index (κ1) is 28.1. The molecular weight excluding hydrogens is 472 g/mol. The van der Waals surface area contributed by atoms with Crippen LogP contribution in [0.2, 0.25) is 0 Å². The monoisotopic (exact) mass is 510 g/mol. The van der Waals surface area contributed by atoms with Crippen molar-refractivity contribution in [2.45, 2.75) is 63.5 Å². The summed E-state index contributed by atoms with van der Waals surface area (Å²) in [4.78, 5) is 45.0. The second-order valence-corrected chi connectivity index (χ2v) is 9.22. The summed E-state index contributed by atoms with van der Waals surface area (Å²) in [5, 5.41) is 5.91. The van der Waals surface area contributed by atoms with Crippen molar-refractivity contribution in [2.24, 2.45) is 0 Å². The molecule has 1 heterocycles. The Labute approximate surface area is 218 Å². The van der Waals surface area contributed by atoms with Crippen LogP contribution in [-0.4, -0.2) is 61.0 Å². The van der Waals surface area contributed by atoms with Gasteiger partial charge >= 0.3 is 0 Å². The van der Waals surface area contributed by atoms with E-state index in [1.807, 2.05) is 12.1 Å². The highest BCUT2D eigenvalue weighted by molar-refractivity contribution is 5.91. The van der Waals surface area contributed by atoms with Crippen molar-refractivity contribution in [3.05, 3.63) is 54.2 Å². The molecule has 2 aromatic rings. The zero-order chi connectivity index (χ0) is 26.5. The SMILES string of the molecule is COCCN(C(=O)CCCC(=O)Nc1ccccn1)[C@H](C(=O)NC1CCCCC1)c1ccc(OC)cc1. The first-order valence-electron chi connectivity index (χ1n) is 13.0. The Morgan fingerprint density at radius 1 is 1.03 bits per heavy atom. The Kier molecular flexibility index (Phi) is 11.4. The number of carbonyl (C=O) groups excluding carboxylic acids is 3. The van der Waals surface area contributed by atoms with E-state index in [1.54, 1.807) is 55.6 Å². The first-order valence-corrected chi connectivity index (χ1v) is 13.0. The highest BCUT2D eigenvalue weighted by Gasteiger charge is 2.32. The maximum Gasteiger partial charge on any atom is 0.247 e. The molecule has 1 aliphatic rings. The Balaban J connectivity index is 1.72. The van der Waals surface area contributed by atoms with Gasteiger partial charge in [0.25, 0.3) is 0 Å². The van der Waals surface area contributed by atoms with Gasteiger partial charge in [-0.3, -0.25) is 14.4 Å². The minimum Gasteiger partial charge on any atom is -0.497 e. The molecule has 37 heavy (non-hydrogen) atoms. The van der Waals surface area contributed by atoms with Gasteiger partial charge in [0.2, 0.25) is 17.7 Å². The number of rotatable bonds is 13. The smallest absolute Gasteiger partial charge is 0.247 e. The van der Waals surface area contributed by atoms with Crippen molar-refractivity contribution >= 4 is 23.5 Å². The lowest BCUT2D eigenvalue weighted by molar-refractivity contribution is -0.142. The van der Waals surface area contributed by atoms with E-state index >= 15 is 0 Å². The van der Waals surface area contributed by atoms with Crippen molar-refractivity contribution in [1.29, 1.82) is 0 Å². The highest BCUT2D eigenvalue weighted by atomic mass is 16.5. The van der Waals surface area contributed by atoms with Crippen molar-refractivity contribution in [3.63, 3.8) is 0 Å². The number of amides is 3. The zero-order valence-corrected chi connectivity index (χ0v) is 21.8. The summed E-state index contributed by atoms with van der Waals surface area (Å²) in [7, 11) is 3.15. The summed E-state index contributed by atoms with van der Waals surface area (Å²) in [6.07, 6.45) is 7.49. The Bertz CT molecular complexity index is 993. The largest absolute Gasteiger partial charge is 0.497 e. The van der Waals surface area contributed by atoms with E-state index in [0.717, 1.165) is 25.7 Å². The van der Waals surface area contributed by atoms with Crippen LogP contribution < -0.4 is 15.4 Å².